The molecule has 2 aromatic carbocycles. The second-order valence-corrected chi connectivity index (χ2v) is 7.21. The minimum absolute atomic E-state index is 0.0414. The van der Waals surface area contributed by atoms with Crippen LogP contribution < -0.4 is 14.8 Å². The third kappa shape index (κ3) is 4.36. The van der Waals surface area contributed by atoms with E-state index in [9.17, 15) is 9.18 Å². The first-order valence-corrected chi connectivity index (χ1v) is 9.39. The molecular formula is C20H21BrFNO3. The fourth-order valence-electron chi connectivity index (χ4n) is 3.30. The van der Waals surface area contributed by atoms with E-state index in [1.54, 1.807) is 25.3 Å². The summed E-state index contributed by atoms with van der Waals surface area (Å²) >= 11 is 3.42. The summed E-state index contributed by atoms with van der Waals surface area (Å²) in [5.74, 6) is 0.945. The van der Waals surface area contributed by atoms with Crippen LogP contribution in [0.2, 0.25) is 0 Å². The first kappa shape index (κ1) is 18.7. The third-order valence-electron chi connectivity index (χ3n) is 4.68. The Kier molecular flexibility index (Phi) is 6.14. The molecule has 1 amide bonds. The molecule has 0 unspecified atom stereocenters. The average Bonchev–Trinajstić information content (AvgIpc) is 3.07. The monoisotopic (exact) mass is 421 g/mol. The fraction of sp³-hybridized carbons (Fsp3) is 0.350. The Morgan fingerprint density at radius 1 is 1.23 bits per heavy atom. The topological polar surface area (TPSA) is 47.6 Å². The van der Waals surface area contributed by atoms with Gasteiger partial charge in [0.25, 0.3) is 5.91 Å². The zero-order valence-electron chi connectivity index (χ0n) is 14.5. The maximum atomic E-state index is 13.0. The standard InChI is InChI=1S/C20H21BrFNO3/c1-25-18-7-3-5-16(21)19(18)20(24)23-17-6-2-4-13(17)12-26-15-10-8-14(22)9-11-15/h3,5,7-11,13,17H,2,4,6,12H2,1H3,(H,23,24)/t13-,17+/m1/s1. The molecule has 0 radical (unpaired) electrons. The number of rotatable bonds is 6. The Bertz CT molecular complexity index is 766. The van der Waals surface area contributed by atoms with Gasteiger partial charge in [-0.15, -0.1) is 0 Å². The van der Waals surface area contributed by atoms with Crippen molar-refractivity contribution in [3.8, 4) is 11.5 Å². The molecule has 138 valence electrons. The molecular weight excluding hydrogens is 401 g/mol. The van der Waals surface area contributed by atoms with E-state index in [0.29, 0.717) is 28.1 Å². The molecule has 1 saturated carbocycles. The molecule has 1 fully saturated rings. The molecule has 1 aliphatic rings. The average molecular weight is 422 g/mol. The van der Waals surface area contributed by atoms with E-state index >= 15 is 0 Å². The van der Waals surface area contributed by atoms with Gasteiger partial charge in [0.2, 0.25) is 0 Å². The van der Waals surface area contributed by atoms with E-state index < -0.39 is 0 Å². The van der Waals surface area contributed by atoms with Gasteiger partial charge in [0.15, 0.2) is 0 Å². The Hall–Kier alpha value is -2.08. The second-order valence-electron chi connectivity index (χ2n) is 6.35. The van der Waals surface area contributed by atoms with Crippen LogP contribution in [0.4, 0.5) is 4.39 Å². The molecule has 4 nitrogen and oxygen atoms in total. The van der Waals surface area contributed by atoms with Gasteiger partial charge >= 0.3 is 0 Å². The number of carbonyl (C=O) groups is 1. The smallest absolute Gasteiger partial charge is 0.256 e. The van der Waals surface area contributed by atoms with Crippen LogP contribution in [0.5, 0.6) is 11.5 Å². The number of halogens is 2. The Balaban J connectivity index is 1.63. The van der Waals surface area contributed by atoms with Gasteiger partial charge in [-0.05, 0) is 65.2 Å². The number of benzene rings is 2. The highest BCUT2D eigenvalue weighted by atomic mass is 79.9. The molecule has 2 atom stereocenters. The van der Waals surface area contributed by atoms with Gasteiger partial charge in [-0.2, -0.15) is 0 Å². The number of ether oxygens (including phenoxy) is 2. The molecule has 1 aliphatic carbocycles. The van der Waals surface area contributed by atoms with Crippen LogP contribution in [0.1, 0.15) is 29.6 Å². The second kappa shape index (κ2) is 8.54. The predicted molar refractivity (Wildman–Crippen MR) is 101 cm³/mol. The molecule has 2 aromatic rings. The van der Waals surface area contributed by atoms with Crippen LogP contribution in [-0.4, -0.2) is 25.7 Å². The SMILES string of the molecule is COc1cccc(Br)c1C(=O)N[C@H]1CCC[C@@H]1COc1ccc(F)cc1. The van der Waals surface area contributed by atoms with E-state index in [1.165, 1.54) is 12.1 Å². The molecule has 0 heterocycles. The highest BCUT2D eigenvalue weighted by molar-refractivity contribution is 9.10. The molecule has 0 bridgehead atoms. The highest BCUT2D eigenvalue weighted by Crippen LogP contribution is 2.30. The van der Waals surface area contributed by atoms with Gasteiger partial charge in [0, 0.05) is 16.4 Å². The lowest BCUT2D eigenvalue weighted by atomic mass is 10.0. The maximum Gasteiger partial charge on any atom is 0.256 e. The van der Waals surface area contributed by atoms with Gasteiger partial charge in [0.05, 0.1) is 19.3 Å². The first-order valence-electron chi connectivity index (χ1n) is 8.60. The van der Waals surface area contributed by atoms with Gasteiger partial charge < -0.3 is 14.8 Å². The number of amides is 1. The zero-order valence-corrected chi connectivity index (χ0v) is 16.1. The maximum absolute atomic E-state index is 13.0. The number of carbonyl (C=O) groups excluding carboxylic acids is 1. The van der Waals surface area contributed by atoms with Crippen molar-refractivity contribution in [2.24, 2.45) is 5.92 Å². The molecule has 1 N–H and O–H groups in total. The Morgan fingerprint density at radius 3 is 2.73 bits per heavy atom. The number of hydrogen-bond donors (Lipinski definition) is 1. The number of nitrogens with one attached hydrogen (secondary N) is 1. The molecule has 0 saturated heterocycles. The van der Waals surface area contributed by atoms with Crippen LogP contribution in [0, 0.1) is 11.7 Å². The van der Waals surface area contributed by atoms with E-state index in [4.69, 9.17) is 9.47 Å². The molecule has 0 aromatic heterocycles. The van der Waals surface area contributed by atoms with Gasteiger partial charge in [-0.1, -0.05) is 12.5 Å². The van der Waals surface area contributed by atoms with Crippen molar-refractivity contribution in [2.45, 2.75) is 25.3 Å². The van der Waals surface area contributed by atoms with E-state index in [0.717, 1.165) is 19.3 Å². The van der Waals surface area contributed by atoms with Crippen molar-refractivity contribution in [1.29, 1.82) is 0 Å². The third-order valence-corrected chi connectivity index (χ3v) is 5.34. The summed E-state index contributed by atoms with van der Waals surface area (Å²) < 4.78 is 24.8. The fourth-order valence-corrected chi connectivity index (χ4v) is 3.82. The largest absolute Gasteiger partial charge is 0.496 e. The molecule has 0 spiro atoms. The van der Waals surface area contributed by atoms with Crippen molar-refractivity contribution in [3.05, 3.63) is 58.3 Å². The summed E-state index contributed by atoms with van der Waals surface area (Å²) in [6.45, 7) is 0.490. The van der Waals surface area contributed by atoms with Crippen LogP contribution >= 0.6 is 15.9 Å². The van der Waals surface area contributed by atoms with Gasteiger partial charge in [-0.3, -0.25) is 4.79 Å². The van der Waals surface area contributed by atoms with Crippen LogP contribution in [0.25, 0.3) is 0 Å². The van der Waals surface area contributed by atoms with Gasteiger partial charge in [0.1, 0.15) is 17.3 Å². The summed E-state index contributed by atoms with van der Waals surface area (Å²) in [5.41, 5.74) is 0.500. The summed E-state index contributed by atoms with van der Waals surface area (Å²) in [6.07, 6.45) is 2.94. The van der Waals surface area contributed by atoms with Crippen molar-refractivity contribution in [2.75, 3.05) is 13.7 Å². The minimum Gasteiger partial charge on any atom is -0.496 e. The predicted octanol–water partition coefficient (Wildman–Crippen LogP) is 4.57. The molecule has 0 aliphatic heterocycles. The lowest BCUT2D eigenvalue weighted by molar-refractivity contribution is 0.0915. The Labute approximate surface area is 160 Å². The number of methoxy groups -OCH3 is 1. The van der Waals surface area contributed by atoms with E-state index in [1.807, 2.05) is 12.1 Å². The highest BCUT2D eigenvalue weighted by Gasteiger charge is 2.30. The van der Waals surface area contributed by atoms with Gasteiger partial charge in [-0.25, -0.2) is 4.39 Å². The lowest BCUT2D eigenvalue weighted by Gasteiger charge is -2.22. The first-order chi connectivity index (χ1) is 12.6. The lowest BCUT2D eigenvalue weighted by Crippen LogP contribution is -2.39. The quantitative estimate of drug-likeness (QED) is 0.742. The molecule has 6 heteroatoms. The van der Waals surface area contributed by atoms with E-state index in [2.05, 4.69) is 21.2 Å². The van der Waals surface area contributed by atoms with E-state index in [-0.39, 0.29) is 23.7 Å². The summed E-state index contributed by atoms with van der Waals surface area (Å²) in [4.78, 5) is 12.8. The molecule has 3 rings (SSSR count). The van der Waals surface area contributed by atoms with Crippen molar-refractivity contribution >= 4 is 21.8 Å². The van der Waals surface area contributed by atoms with Crippen LogP contribution in [-0.2, 0) is 0 Å². The summed E-state index contributed by atoms with van der Waals surface area (Å²) in [7, 11) is 1.55. The number of hydrogen-bond acceptors (Lipinski definition) is 3. The van der Waals surface area contributed by atoms with Crippen molar-refractivity contribution in [1.82, 2.24) is 5.32 Å². The zero-order chi connectivity index (χ0) is 18.5. The minimum atomic E-state index is -0.286. The normalized spacial score (nSPS) is 19.2. The van der Waals surface area contributed by atoms with Crippen LogP contribution in [0.3, 0.4) is 0 Å². The summed E-state index contributed by atoms with van der Waals surface area (Å²) in [5, 5.41) is 3.12. The molecule has 26 heavy (non-hydrogen) atoms. The van der Waals surface area contributed by atoms with Crippen molar-refractivity contribution < 1.29 is 18.7 Å². The Morgan fingerprint density at radius 2 is 2.00 bits per heavy atom. The van der Waals surface area contributed by atoms with Crippen molar-refractivity contribution in [3.63, 3.8) is 0 Å². The van der Waals surface area contributed by atoms with Crippen LogP contribution in [0.15, 0.2) is 46.9 Å². The summed E-state index contributed by atoms with van der Waals surface area (Å²) in [6, 6.07) is 11.4.